The molecule has 2 unspecified atom stereocenters. The first-order chi connectivity index (χ1) is 10.2. The molecule has 1 saturated carbocycles. The predicted molar refractivity (Wildman–Crippen MR) is 79.4 cm³/mol. The number of nitrogens with one attached hydrogen (secondary N) is 2. The average Bonchev–Trinajstić information content (AvgIpc) is 3.25. The van der Waals surface area contributed by atoms with Crippen LogP contribution in [-0.4, -0.2) is 43.4 Å². The molecule has 2 aliphatic rings. The fraction of sp³-hybridized carbons (Fsp3) is 0.562. The molecule has 2 fully saturated rings. The lowest BCUT2D eigenvalue weighted by molar-refractivity contribution is 0.0927. The zero-order valence-electron chi connectivity index (χ0n) is 12.0. The number of benzene rings is 1. The van der Waals surface area contributed by atoms with Gasteiger partial charge < -0.3 is 20.5 Å². The monoisotopic (exact) mass is 290 g/mol. The van der Waals surface area contributed by atoms with E-state index in [-0.39, 0.29) is 17.9 Å². The molecule has 1 saturated heterocycles. The normalized spacial score (nSPS) is 24.8. The van der Waals surface area contributed by atoms with E-state index in [1.807, 2.05) is 12.1 Å². The van der Waals surface area contributed by atoms with Crippen LogP contribution in [0.3, 0.4) is 0 Å². The lowest BCUT2D eigenvalue weighted by atomic mass is 10.1. The van der Waals surface area contributed by atoms with E-state index in [1.54, 1.807) is 12.1 Å². The zero-order chi connectivity index (χ0) is 14.7. The first-order valence-corrected chi connectivity index (χ1v) is 7.62. The van der Waals surface area contributed by atoms with E-state index in [2.05, 4.69) is 10.6 Å². The zero-order valence-corrected chi connectivity index (χ0v) is 12.0. The second kappa shape index (κ2) is 6.45. The molecule has 1 aromatic carbocycles. The van der Waals surface area contributed by atoms with Crippen LogP contribution in [0.15, 0.2) is 24.3 Å². The summed E-state index contributed by atoms with van der Waals surface area (Å²) >= 11 is 0. The lowest BCUT2D eigenvalue weighted by Crippen LogP contribution is -2.34. The Kier molecular flexibility index (Phi) is 4.41. The fourth-order valence-corrected chi connectivity index (χ4v) is 2.45. The summed E-state index contributed by atoms with van der Waals surface area (Å²) < 4.78 is 5.65. The second-order valence-corrected chi connectivity index (χ2v) is 5.97. The number of hydrogen-bond donors (Lipinski definition) is 3. The lowest BCUT2D eigenvalue weighted by Gasteiger charge is -2.14. The van der Waals surface area contributed by atoms with Gasteiger partial charge in [0.15, 0.2) is 0 Å². The smallest absolute Gasteiger partial charge is 0.251 e. The van der Waals surface area contributed by atoms with Crippen LogP contribution < -0.4 is 15.4 Å². The van der Waals surface area contributed by atoms with Crippen molar-refractivity contribution in [2.45, 2.75) is 18.9 Å². The van der Waals surface area contributed by atoms with Crippen LogP contribution in [0.25, 0.3) is 0 Å². The largest absolute Gasteiger partial charge is 0.493 e. The Morgan fingerprint density at radius 1 is 1.29 bits per heavy atom. The van der Waals surface area contributed by atoms with Gasteiger partial charge in [0.05, 0.1) is 12.7 Å². The number of aliphatic hydroxyl groups is 1. The molecular formula is C16H22N2O3. The van der Waals surface area contributed by atoms with Gasteiger partial charge in [-0.05, 0) is 43.0 Å². The first-order valence-electron chi connectivity index (χ1n) is 7.62. The van der Waals surface area contributed by atoms with Crippen molar-refractivity contribution >= 4 is 5.91 Å². The van der Waals surface area contributed by atoms with Gasteiger partial charge >= 0.3 is 0 Å². The summed E-state index contributed by atoms with van der Waals surface area (Å²) in [5.41, 5.74) is 0.620. The molecule has 1 aliphatic heterocycles. The van der Waals surface area contributed by atoms with Crippen LogP contribution in [0.4, 0.5) is 0 Å². The van der Waals surface area contributed by atoms with Gasteiger partial charge in [0, 0.05) is 31.1 Å². The van der Waals surface area contributed by atoms with Crippen LogP contribution in [0.2, 0.25) is 0 Å². The van der Waals surface area contributed by atoms with Crippen molar-refractivity contribution in [3.63, 3.8) is 0 Å². The third-order valence-electron chi connectivity index (χ3n) is 4.13. The summed E-state index contributed by atoms with van der Waals surface area (Å²) in [7, 11) is 0. The highest BCUT2D eigenvalue weighted by molar-refractivity contribution is 5.94. The highest BCUT2D eigenvalue weighted by Crippen LogP contribution is 2.29. The molecule has 1 amide bonds. The molecule has 114 valence electrons. The summed E-state index contributed by atoms with van der Waals surface area (Å²) in [5.74, 6) is 1.52. The molecule has 21 heavy (non-hydrogen) atoms. The molecule has 0 aromatic heterocycles. The minimum Gasteiger partial charge on any atom is -0.493 e. The van der Waals surface area contributed by atoms with Gasteiger partial charge in [0.2, 0.25) is 0 Å². The maximum absolute atomic E-state index is 12.0. The van der Waals surface area contributed by atoms with E-state index in [1.165, 1.54) is 12.8 Å². The Labute approximate surface area is 124 Å². The van der Waals surface area contributed by atoms with Gasteiger partial charge in [-0.15, -0.1) is 0 Å². The number of carbonyl (C=O) groups is 1. The topological polar surface area (TPSA) is 70.6 Å². The molecule has 0 bridgehead atoms. The highest BCUT2D eigenvalue weighted by Gasteiger charge is 2.25. The van der Waals surface area contributed by atoms with Crippen molar-refractivity contribution in [1.29, 1.82) is 0 Å². The van der Waals surface area contributed by atoms with Crippen LogP contribution >= 0.6 is 0 Å². The molecule has 0 radical (unpaired) electrons. The van der Waals surface area contributed by atoms with E-state index in [9.17, 15) is 9.90 Å². The summed E-state index contributed by atoms with van der Waals surface area (Å²) in [6.07, 6.45) is 2.16. The van der Waals surface area contributed by atoms with Crippen molar-refractivity contribution < 1.29 is 14.6 Å². The number of carbonyl (C=O) groups excluding carboxylic acids is 1. The molecule has 3 N–H and O–H groups in total. The molecule has 1 aliphatic carbocycles. The first kappa shape index (κ1) is 14.4. The quantitative estimate of drug-likeness (QED) is 0.724. The standard InChI is InChI=1S/C16H22N2O3/c19-15-9-17-7-13(15)8-18-16(20)12-3-5-14(6-4-12)21-10-11-1-2-11/h3-6,11,13,15,17,19H,1-2,7-10H2,(H,18,20). The third-order valence-corrected chi connectivity index (χ3v) is 4.13. The van der Waals surface area contributed by atoms with Crippen molar-refractivity contribution in [1.82, 2.24) is 10.6 Å². The number of amides is 1. The Morgan fingerprint density at radius 3 is 2.67 bits per heavy atom. The van der Waals surface area contributed by atoms with Gasteiger partial charge in [0.1, 0.15) is 5.75 Å². The Balaban J connectivity index is 1.47. The molecule has 5 heteroatoms. The maximum Gasteiger partial charge on any atom is 0.251 e. The Bertz CT molecular complexity index is 485. The van der Waals surface area contributed by atoms with Gasteiger partial charge in [-0.3, -0.25) is 4.79 Å². The van der Waals surface area contributed by atoms with Crippen LogP contribution in [0.5, 0.6) is 5.75 Å². The number of ether oxygens (including phenoxy) is 1. The molecule has 2 atom stereocenters. The fourth-order valence-electron chi connectivity index (χ4n) is 2.45. The number of aliphatic hydroxyl groups excluding tert-OH is 1. The van der Waals surface area contributed by atoms with Gasteiger partial charge in [-0.1, -0.05) is 0 Å². The van der Waals surface area contributed by atoms with Crippen molar-refractivity contribution in [2.24, 2.45) is 11.8 Å². The van der Waals surface area contributed by atoms with Gasteiger partial charge in [-0.2, -0.15) is 0 Å². The maximum atomic E-state index is 12.0. The van der Waals surface area contributed by atoms with Crippen molar-refractivity contribution in [3.05, 3.63) is 29.8 Å². The summed E-state index contributed by atoms with van der Waals surface area (Å²) in [4.78, 5) is 12.0. The molecule has 5 nitrogen and oxygen atoms in total. The molecule has 1 heterocycles. The van der Waals surface area contributed by atoms with E-state index >= 15 is 0 Å². The van der Waals surface area contributed by atoms with E-state index < -0.39 is 0 Å². The Morgan fingerprint density at radius 2 is 2.05 bits per heavy atom. The number of rotatable bonds is 6. The Hall–Kier alpha value is -1.59. The average molecular weight is 290 g/mol. The second-order valence-electron chi connectivity index (χ2n) is 5.97. The van der Waals surface area contributed by atoms with E-state index in [0.717, 1.165) is 24.8 Å². The minimum atomic E-state index is -0.372. The molecule has 1 aromatic rings. The highest BCUT2D eigenvalue weighted by atomic mass is 16.5. The summed E-state index contributed by atoms with van der Waals surface area (Å²) in [5, 5.41) is 15.7. The van der Waals surface area contributed by atoms with Crippen molar-refractivity contribution in [2.75, 3.05) is 26.2 Å². The predicted octanol–water partition coefficient (Wildman–Crippen LogP) is 0.786. The van der Waals surface area contributed by atoms with Gasteiger partial charge in [-0.25, -0.2) is 0 Å². The van der Waals surface area contributed by atoms with Gasteiger partial charge in [0.25, 0.3) is 5.91 Å². The third kappa shape index (κ3) is 3.95. The minimum absolute atomic E-state index is 0.0927. The van der Waals surface area contributed by atoms with E-state index in [0.29, 0.717) is 18.7 Å². The molecular weight excluding hydrogens is 268 g/mol. The van der Waals surface area contributed by atoms with Crippen LogP contribution in [0, 0.1) is 11.8 Å². The number of hydrogen-bond acceptors (Lipinski definition) is 4. The van der Waals surface area contributed by atoms with E-state index in [4.69, 9.17) is 4.74 Å². The molecule has 0 spiro atoms. The number of β-amino-alcohol motifs (C(OH)–C–C–N with tert-alkyl or cyclic N) is 1. The molecule has 3 rings (SSSR count). The van der Waals surface area contributed by atoms with Crippen LogP contribution in [0.1, 0.15) is 23.2 Å². The van der Waals surface area contributed by atoms with Crippen LogP contribution in [-0.2, 0) is 0 Å². The summed E-state index contributed by atoms with van der Waals surface area (Å²) in [6, 6.07) is 7.23. The summed E-state index contributed by atoms with van der Waals surface area (Å²) in [6.45, 7) is 2.62. The SMILES string of the molecule is O=C(NCC1CNCC1O)c1ccc(OCC2CC2)cc1. The van der Waals surface area contributed by atoms with Crippen molar-refractivity contribution in [3.8, 4) is 5.75 Å².